The van der Waals surface area contributed by atoms with E-state index in [4.69, 9.17) is 9.47 Å². The maximum Gasteiger partial charge on any atom is 0.397 e. The van der Waals surface area contributed by atoms with Gasteiger partial charge in [0, 0.05) is 0 Å². The third-order valence-electron chi connectivity index (χ3n) is 2.02. The fourth-order valence-electron chi connectivity index (χ4n) is 1.35. The van der Waals surface area contributed by atoms with Crippen LogP contribution < -0.4 is 10.1 Å². The molecular formula is C14H19NO4. The summed E-state index contributed by atoms with van der Waals surface area (Å²) in [6, 6.07) is 6.91. The van der Waals surface area contributed by atoms with Crippen LogP contribution in [-0.2, 0) is 14.3 Å². The Balaban J connectivity index is 2.74. The van der Waals surface area contributed by atoms with E-state index >= 15 is 0 Å². The topological polar surface area (TPSA) is 64.6 Å². The van der Waals surface area contributed by atoms with Crippen molar-refractivity contribution in [2.75, 3.05) is 11.9 Å². The summed E-state index contributed by atoms with van der Waals surface area (Å²) in [5.74, 6) is -1.22. The molecule has 104 valence electrons. The summed E-state index contributed by atoms with van der Waals surface area (Å²) < 4.78 is 10.3. The van der Waals surface area contributed by atoms with Crippen LogP contribution in [0.4, 0.5) is 5.69 Å². The Bertz CT molecular complexity index is 463. The molecule has 0 spiro atoms. The van der Waals surface area contributed by atoms with Crippen molar-refractivity contribution in [3.05, 3.63) is 24.3 Å². The first-order chi connectivity index (χ1) is 8.83. The lowest BCUT2D eigenvalue weighted by atomic mass is 10.2. The number of hydrogen-bond acceptors (Lipinski definition) is 4. The van der Waals surface area contributed by atoms with Crippen LogP contribution in [0.5, 0.6) is 5.75 Å². The highest BCUT2D eigenvalue weighted by molar-refractivity contribution is 6.37. The lowest BCUT2D eigenvalue weighted by Gasteiger charge is -2.19. The Labute approximate surface area is 112 Å². The number of anilines is 1. The van der Waals surface area contributed by atoms with Gasteiger partial charge in [0.1, 0.15) is 11.4 Å². The van der Waals surface area contributed by atoms with E-state index in [9.17, 15) is 9.59 Å². The molecule has 0 aromatic heterocycles. The first-order valence-electron chi connectivity index (χ1n) is 6.09. The molecule has 0 radical (unpaired) electrons. The van der Waals surface area contributed by atoms with Gasteiger partial charge in [0.15, 0.2) is 0 Å². The highest BCUT2D eigenvalue weighted by Crippen LogP contribution is 2.23. The molecule has 5 nitrogen and oxygen atoms in total. The van der Waals surface area contributed by atoms with Crippen LogP contribution in [0.1, 0.15) is 27.7 Å². The van der Waals surface area contributed by atoms with Gasteiger partial charge in [-0.2, -0.15) is 0 Å². The van der Waals surface area contributed by atoms with Crippen LogP contribution in [0.3, 0.4) is 0 Å². The lowest BCUT2D eigenvalue weighted by Crippen LogP contribution is -2.32. The monoisotopic (exact) mass is 265 g/mol. The van der Waals surface area contributed by atoms with Gasteiger partial charge < -0.3 is 14.8 Å². The van der Waals surface area contributed by atoms with Gasteiger partial charge >= 0.3 is 11.9 Å². The number of amides is 1. The average Bonchev–Trinajstić information content (AvgIpc) is 2.29. The number of nitrogens with one attached hydrogen (secondary N) is 1. The first kappa shape index (κ1) is 15.0. The van der Waals surface area contributed by atoms with Crippen molar-refractivity contribution in [3.8, 4) is 5.75 Å². The quantitative estimate of drug-likeness (QED) is 0.673. The third kappa shape index (κ3) is 4.99. The zero-order valence-corrected chi connectivity index (χ0v) is 11.6. The normalized spacial score (nSPS) is 10.7. The molecule has 0 aliphatic heterocycles. The van der Waals surface area contributed by atoms with E-state index in [1.165, 1.54) is 0 Å². The van der Waals surface area contributed by atoms with Gasteiger partial charge in [-0.1, -0.05) is 12.1 Å². The molecule has 0 unspecified atom stereocenters. The molecule has 0 heterocycles. The fraction of sp³-hybridized carbons (Fsp3) is 0.429. The van der Waals surface area contributed by atoms with Gasteiger partial charge in [-0.05, 0) is 39.8 Å². The summed E-state index contributed by atoms with van der Waals surface area (Å²) in [5.41, 5.74) is -0.256. The van der Waals surface area contributed by atoms with Crippen molar-refractivity contribution >= 4 is 17.6 Å². The molecule has 0 aliphatic carbocycles. The number of benzene rings is 1. The Morgan fingerprint density at radius 2 is 1.84 bits per heavy atom. The number of para-hydroxylation sites is 2. The summed E-state index contributed by atoms with van der Waals surface area (Å²) in [7, 11) is 0. The number of carbonyl (C=O) groups excluding carboxylic acids is 2. The molecule has 19 heavy (non-hydrogen) atoms. The Kier molecular flexibility index (Phi) is 4.92. The number of ether oxygens (including phenoxy) is 2. The van der Waals surface area contributed by atoms with Crippen molar-refractivity contribution in [1.29, 1.82) is 0 Å². The number of rotatable bonds is 3. The van der Waals surface area contributed by atoms with Crippen LogP contribution in [0, 0.1) is 0 Å². The van der Waals surface area contributed by atoms with Gasteiger partial charge in [-0.15, -0.1) is 0 Å². The van der Waals surface area contributed by atoms with E-state index in [2.05, 4.69) is 5.32 Å². The molecule has 1 aromatic carbocycles. The van der Waals surface area contributed by atoms with Crippen LogP contribution in [0.2, 0.25) is 0 Å². The van der Waals surface area contributed by atoms with Crippen molar-refractivity contribution in [2.45, 2.75) is 33.3 Å². The number of esters is 1. The molecule has 5 heteroatoms. The first-order valence-corrected chi connectivity index (χ1v) is 6.09. The number of carbonyl (C=O) groups is 2. The molecule has 0 bridgehead atoms. The van der Waals surface area contributed by atoms with Gasteiger partial charge in [0.05, 0.1) is 12.3 Å². The summed E-state index contributed by atoms with van der Waals surface area (Å²) in [6.07, 6.45) is 0. The van der Waals surface area contributed by atoms with E-state index in [0.29, 0.717) is 18.0 Å². The molecule has 1 N–H and O–H groups in total. The molecule has 1 amide bonds. The second-order valence-corrected chi connectivity index (χ2v) is 4.89. The maximum atomic E-state index is 11.7. The Hall–Kier alpha value is -2.04. The van der Waals surface area contributed by atoms with E-state index in [1.54, 1.807) is 45.0 Å². The van der Waals surface area contributed by atoms with Gasteiger partial charge in [0.2, 0.25) is 0 Å². The lowest BCUT2D eigenvalue weighted by molar-refractivity contribution is -0.161. The highest BCUT2D eigenvalue weighted by Gasteiger charge is 2.23. The van der Waals surface area contributed by atoms with Crippen LogP contribution in [0.15, 0.2) is 24.3 Å². The second kappa shape index (κ2) is 6.22. The van der Waals surface area contributed by atoms with Gasteiger partial charge in [-0.3, -0.25) is 4.79 Å². The van der Waals surface area contributed by atoms with E-state index in [0.717, 1.165) is 0 Å². The van der Waals surface area contributed by atoms with Gasteiger partial charge in [0.25, 0.3) is 0 Å². The minimum atomic E-state index is -0.918. The summed E-state index contributed by atoms with van der Waals surface area (Å²) >= 11 is 0. The largest absolute Gasteiger partial charge is 0.492 e. The standard InChI is InChI=1S/C14H19NO4/c1-5-18-11-9-7-6-8-10(11)15-12(16)13(17)19-14(2,3)4/h6-9H,5H2,1-4H3,(H,15,16). The van der Waals surface area contributed by atoms with Crippen molar-refractivity contribution in [2.24, 2.45) is 0 Å². The van der Waals surface area contributed by atoms with E-state index < -0.39 is 17.5 Å². The summed E-state index contributed by atoms with van der Waals surface area (Å²) in [5, 5.41) is 2.48. The van der Waals surface area contributed by atoms with Crippen LogP contribution in [0.25, 0.3) is 0 Å². The predicted molar refractivity (Wildman–Crippen MR) is 72.1 cm³/mol. The Morgan fingerprint density at radius 3 is 2.42 bits per heavy atom. The maximum absolute atomic E-state index is 11.7. The highest BCUT2D eigenvalue weighted by atomic mass is 16.6. The summed E-state index contributed by atoms with van der Waals surface area (Å²) in [4.78, 5) is 23.3. The third-order valence-corrected chi connectivity index (χ3v) is 2.02. The van der Waals surface area contributed by atoms with E-state index in [-0.39, 0.29) is 0 Å². The zero-order chi connectivity index (χ0) is 14.5. The molecule has 0 fully saturated rings. The molecule has 0 saturated heterocycles. The molecule has 1 rings (SSSR count). The van der Waals surface area contributed by atoms with Crippen molar-refractivity contribution < 1.29 is 19.1 Å². The minimum absolute atomic E-state index is 0.445. The average molecular weight is 265 g/mol. The SMILES string of the molecule is CCOc1ccccc1NC(=O)C(=O)OC(C)(C)C. The number of hydrogen-bond donors (Lipinski definition) is 1. The molecular weight excluding hydrogens is 246 g/mol. The van der Waals surface area contributed by atoms with Gasteiger partial charge in [-0.25, -0.2) is 4.79 Å². The molecule has 1 aromatic rings. The fourth-order valence-corrected chi connectivity index (χ4v) is 1.35. The Morgan fingerprint density at radius 1 is 1.21 bits per heavy atom. The smallest absolute Gasteiger partial charge is 0.397 e. The van der Waals surface area contributed by atoms with Crippen LogP contribution >= 0.6 is 0 Å². The molecule has 0 saturated carbocycles. The minimum Gasteiger partial charge on any atom is -0.492 e. The van der Waals surface area contributed by atoms with Crippen LogP contribution in [-0.4, -0.2) is 24.1 Å². The second-order valence-electron chi connectivity index (χ2n) is 4.89. The summed E-state index contributed by atoms with van der Waals surface area (Å²) in [6.45, 7) is 7.41. The predicted octanol–water partition coefficient (Wildman–Crippen LogP) is 2.37. The van der Waals surface area contributed by atoms with E-state index in [1.807, 2.05) is 6.92 Å². The van der Waals surface area contributed by atoms with Crippen molar-refractivity contribution in [3.63, 3.8) is 0 Å². The van der Waals surface area contributed by atoms with Crippen molar-refractivity contribution in [1.82, 2.24) is 0 Å². The molecule has 0 aliphatic rings. The zero-order valence-electron chi connectivity index (χ0n) is 11.6. The molecule has 0 atom stereocenters.